The van der Waals surface area contributed by atoms with Crippen LogP contribution in [0.2, 0.25) is 0 Å². The number of carbonyl (C=O) groups excluding carboxylic acids is 1. The van der Waals surface area contributed by atoms with E-state index >= 15 is 0 Å². The number of benzene rings is 3. The van der Waals surface area contributed by atoms with Gasteiger partial charge in [0.15, 0.2) is 0 Å². The van der Waals surface area contributed by atoms with Crippen LogP contribution in [0.4, 0.5) is 5.69 Å². The van der Waals surface area contributed by atoms with Crippen molar-refractivity contribution in [2.45, 2.75) is 13.5 Å². The molecule has 0 spiro atoms. The third-order valence-corrected chi connectivity index (χ3v) is 4.24. The van der Waals surface area contributed by atoms with Crippen molar-refractivity contribution in [3.63, 3.8) is 0 Å². The van der Waals surface area contributed by atoms with E-state index in [0.717, 1.165) is 16.9 Å². The minimum atomic E-state index is -0.437. The molecular formula is C24H20N2O2. The van der Waals surface area contributed by atoms with Gasteiger partial charge >= 0.3 is 0 Å². The van der Waals surface area contributed by atoms with Crippen molar-refractivity contribution in [2.75, 3.05) is 5.32 Å². The van der Waals surface area contributed by atoms with Crippen molar-refractivity contribution in [2.24, 2.45) is 0 Å². The SMILES string of the molecule is Cc1ccccc1COc1ccc(C=C(C#N)C(=O)Nc2ccccc2)cc1. The van der Waals surface area contributed by atoms with Gasteiger partial charge in [-0.1, -0.05) is 54.6 Å². The van der Waals surface area contributed by atoms with Crippen molar-refractivity contribution in [1.29, 1.82) is 5.26 Å². The van der Waals surface area contributed by atoms with Gasteiger partial charge in [0, 0.05) is 5.69 Å². The molecule has 4 nitrogen and oxygen atoms in total. The lowest BCUT2D eigenvalue weighted by Gasteiger charge is -2.09. The van der Waals surface area contributed by atoms with E-state index in [4.69, 9.17) is 4.74 Å². The molecule has 0 saturated carbocycles. The van der Waals surface area contributed by atoms with Gasteiger partial charge in [-0.3, -0.25) is 4.79 Å². The smallest absolute Gasteiger partial charge is 0.266 e. The largest absolute Gasteiger partial charge is 0.489 e. The van der Waals surface area contributed by atoms with E-state index < -0.39 is 5.91 Å². The maximum absolute atomic E-state index is 12.3. The van der Waals surface area contributed by atoms with Crippen LogP contribution in [0, 0.1) is 18.3 Å². The predicted octanol–water partition coefficient (Wildman–Crippen LogP) is 5.12. The summed E-state index contributed by atoms with van der Waals surface area (Å²) in [5, 5.41) is 12.0. The predicted molar refractivity (Wildman–Crippen MR) is 111 cm³/mol. The van der Waals surface area contributed by atoms with E-state index in [0.29, 0.717) is 12.3 Å². The normalized spacial score (nSPS) is 10.8. The van der Waals surface area contributed by atoms with Crippen LogP contribution in [-0.2, 0) is 11.4 Å². The van der Waals surface area contributed by atoms with Crippen molar-refractivity contribution in [3.8, 4) is 11.8 Å². The van der Waals surface area contributed by atoms with Crippen molar-refractivity contribution in [3.05, 3.63) is 101 Å². The molecule has 0 atom stereocenters. The van der Waals surface area contributed by atoms with E-state index in [1.807, 2.05) is 66.7 Å². The van der Waals surface area contributed by atoms with Crippen LogP contribution in [-0.4, -0.2) is 5.91 Å². The third-order valence-electron chi connectivity index (χ3n) is 4.24. The van der Waals surface area contributed by atoms with Gasteiger partial charge in [0.25, 0.3) is 5.91 Å². The van der Waals surface area contributed by atoms with Gasteiger partial charge in [0.2, 0.25) is 0 Å². The van der Waals surface area contributed by atoms with Gasteiger partial charge in [-0.05, 0) is 54.0 Å². The molecule has 0 aliphatic carbocycles. The van der Waals surface area contributed by atoms with Gasteiger partial charge < -0.3 is 10.1 Å². The molecule has 1 N–H and O–H groups in total. The fraction of sp³-hybridized carbons (Fsp3) is 0.0833. The number of rotatable bonds is 6. The highest BCUT2D eigenvalue weighted by molar-refractivity contribution is 6.09. The Bertz CT molecular complexity index is 1020. The Morgan fingerprint density at radius 3 is 2.36 bits per heavy atom. The van der Waals surface area contributed by atoms with E-state index in [9.17, 15) is 10.1 Å². The average Bonchev–Trinajstić information content (AvgIpc) is 2.73. The van der Waals surface area contributed by atoms with E-state index in [1.165, 1.54) is 5.56 Å². The lowest BCUT2D eigenvalue weighted by atomic mass is 10.1. The number of aryl methyl sites for hydroxylation is 1. The summed E-state index contributed by atoms with van der Waals surface area (Å²) < 4.78 is 5.82. The van der Waals surface area contributed by atoms with Crippen LogP contribution in [0.3, 0.4) is 0 Å². The summed E-state index contributed by atoms with van der Waals surface area (Å²) in [5.74, 6) is 0.293. The topological polar surface area (TPSA) is 62.1 Å². The van der Waals surface area contributed by atoms with Crippen LogP contribution in [0.15, 0.2) is 84.4 Å². The van der Waals surface area contributed by atoms with Crippen LogP contribution in [0.25, 0.3) is 6.08 Å². The number of nitrogens with one attached hydrogen (secondary N) is 1. The molecule has 1 amide bonds. The molecular weight excluding hydrogens is 348 g/mol. The summed E-state index contributed by atoms with van der Waals surface area (Å²) in [6, 6.07) is 26.4. The van der Waals surface area contributed by atoms with Gasteiger partial charge in [-0.25, -0.2) is 0 Å². The van der Waals surface area contributed by atoms with E-state index in [2.05, 4.69) is 18.3 Å². The van der Waals surface area contributed by atoms with E-state index in [1.54, 1.807) is 18.2 Å². The Hall–Kier alpha value is -3.84. The number of carbonyl (C=O) groups is 1. The summed E-state index contributed by atoms with van der Waals surface area (Å²) in [6.45, 7) is 2.54. The number of para-hydroxylation sites is 1. The molecule has 0 aromatic heterocycles. The van der Waals surface area contributed by atoms with Crippen LogP contribution >= 0.6 is 0 Å². The zero-order valence-electron chi connectivity index (χ0n) is 15.6. The molecule has 3 rings (SSSR count). The van der Waals surface area contributed by atoms with Crippen molar-refractivity contribution < 1.29 is 9.53 Å². The first-order valence-corrected chi connectivity index (χ1v) is 8.91. The number of hydrogen-bond donors (Lipinski definition) is 1. The van der Waals surface area contributed by atoms with Crippen LogP contribution in [0.1, 0.15) is 16.7 Å². The summed E-state index contributed by atoms with van der Waals surface area (Å²) in [5.41, 5.74) is 3.76. The Kier molecular flexibility index (Phi) is 6.22. The molecule has 0 radical (unpaired) electrons. The molecule has 0 bridgehead atoms. The maximum atomic E-state index is 12.3. The van der Waals surface area contributed by atoms with Gasteiger partial charge in [-0.15, -0.1) is 0 Å². The molecule has 0 aliphatic rings. The fourth-order valence-electron chi connectivity index (χ4n) is 2.63. The highest BCUT2D eigenvalue weighted by Crippen LogP contribution is 2.18. The standard InChI is InChI=1S/C24H20N2O2/c1-18-7-5-6-8-20(18)17-28-23-13-11-19(12-14-23)15-21(16-25)24(27)26-22-9-3-2-4-10-22/h2-15H,17H2,1H3,(H,26,27). The quantitative estimate of drug-likeness (QED) is 0.485. The molecule has 3 aromatic carbocycles. The molecule has 0 fully saturated rings. The van der Waals surface area contributed by atoms with Gasteiger partial charge in [0.05, 0.1) is 0 Å². The third kappa shape index (κ3) is 5.09. The first-order chi connectivity index (χ1) is 13.7. The lowest BCUT2D eigenvalue weighted by Crippen LogP contribution is -2.13. The van der Waals surface area contributed by atoms with Crippen LogP contribution < -0.4 is 10.1 Å². The molecule has 3 aromatic rings. The molecule has 4 heteroatoms. The molecule has 0 aliphatic heterocycles. The summed E-state index contributed by atoms with van der Waals surface area (Å²) >= 11 is 0. The number of ether oxygens (including phenoxy) is 1. The lowest BCUT2D eigenvalue weighted by molar-refractivity contribution is -0.112. The van der Waals surface area contributed by atoms with E-state index in [-0.39, 0.29) is 5.57 Å². The second-order valence-corrected chi connectivity index (χ2v) is 6.27. The first kappa shape index (κ1) is 18.9. The van der Waals surface area contributed by atoms with Crippen molar-refractivity contribution in [1.82, 2.24) is 0 Å². The summed E-state index contributed by atoms with van der Waals surface area (Å²) in [4.78, 5) is 12.3. The van der Waals surface area contributed by atoms with Crippen LogP contribution in [0.5, 0.6) is 5.75 Å². The number of nitrogens with zero attached hydrogens (tertiary/aromatic N) is 1. The minimum absolute atomic E-state index is 0.0393. The number of hydrogen-bond acceptors (Lipinski definition) is 3. The fourth-order valence-corrected chi connectivity index (χ4v) is 2.63. The molecule has 0 saturated heterocycles. The van der Waals surface area contributed by atoms with Gasteiger partial charge in [0.1, 0.15) is 24.0 Å². The maximum Gasteiger partial charge on any atom is 0.266 e. The highest BCUT2D eigenvalue weighted by Gasteiger charge is 2.09. The Morgan fingerprint density at radius 2 is 1.68 bits per heavy atom. The summed E-state index contributed by atoms with van der Waals surface area (Å²) in [7, 11) is 0. The Balaban J connectivity index is 1.65. The second-order valence-electron chi connectivity index (χ2n) is 6.27. The zero-order chi connectivity index (χ0) is 19.8. The Labute approximate surface area is 164 Å². The average molecular weight is 368 g/mol. The molecule has 138 valence electrons. The number of amides is 1. The monoisotopic (exact) mass is 368 g/mol. The molecule has 0 unspecified atom stereocenters. The first-order valence-electron chi connectivity index (χ1n) is 8.91. The number of anilines is 1. The molecule has 28 heavy (non-hydrogen) atoms. The highest BCUT2D eigenvalue weighted by atomic mass is 16.5. The van der Waals surface area contributed by atoms with Gasteiger partial charge in [-0.2, -0.15) is 5.26 Å². The molecule has 0 heterocycles. The summed E-state index contributed by atoms with van der Waals surface area (Å²) in [6.07, 6.45) is 1.56. The number of nitriles is 1. The zero-order valence-corrected chi connectivity index (χ0v) is 15.6. The Morgan fingerprint density at radius 1 is 1.00 bits per heavy atom. The minimum Gasteiger partial charge on any atom is -0.489 e. The van der Waals surface area contributed by atoms with Crippen molar-refractivity contribution >= 4 is 17.7 Å². The second kappa shape index (κ2) is 9.20.